The van der Waals surface area contributed by atoms with Crippen molar-refractivity contribution in [2.75, 3.05) is 20.1 Å². The summed E-state index contributed by atoms with van der Waals surface area (Å²) >= 11 is 0. The van der Waals surface area contributed by atoms with Gasteiger partial charge in [-0.15, -0.1) is 0 Å². The van der Waals surface area contributed by atoms with Gasteiger partial charge in [-0.05, 0) is 6.07 Å². The van der Waals surface area contributed by atoms with Gasteiger partial charge in [-0.25, -0.2) is 9.78 Å². The number of rotatable bonds is 4. The molecule has 1 aliphatic rings. The third-order valence-electron chi connectivity index (χ3n) is 5.10. The highest BCUT2D eigenvalue weighted by Gasteiger charge is 2.30. The van der Waals surface area contributed by atoms with E-state index < -0.39 is 5.97 Å². The van der Waals surface area contributed by atoms with Crippen LogP contribution in [0.25, 0.3) is 22.2 Å². The van der Waals surface area contributed by atoms with E-state index in [1.165, 1.54) is 7.05 Å². The van der Waals surface area contributed by atoms with Gasteiger partial charge < -0.3 is 5.11 Å². The Labute approximate surface area is 167 Å². The Bertz CT molecular complexity index is 1110. The van der Waals surface area contributed by atoms with Crippen molar-refractivity contribution in [1.29, 1.82) is 0 Å². The zero-order chi connectivity index (χ0) is 20.5. The minimum absolute atomic E-state index is 0.0440. The Hall–Kier alpha value is -3.58. The molecule has 0 unspecified atom stereocenters. The van der Waals surface area contributed by atoms with Crippen LogP contribution in [-0.2, 0) is 16.1 Å². The van der Waals surface area contributed by atoms with E-state index in [2.05, 4.69) is 0 Å². The lowest BCUT2D eigenvalue weighted by Gasteiger charge is -2.31. The molecule has 0 saturated carbocycles. The van der Waals surface area contributed by atoms with E-state index in [1.807, 2.05) is 36.4 Å². The SMILES string of the molecule is CN1C(=O)CN(Cc2c(-c3ccccc3)nc3ccccc3c2C(=O)O)CC1=O. The summed E-state index contributed by atoms with van der Waals surface area (Å²) in [6.07, 6.45) is 0. The van der Waals surface area contributed by atoms with Crippen molar-refractivity contribution < 1.29 is 19.5 Å². The minimum atomic E-state index is -1.07. The third-order valence-corrected chi connectivity index (χ3v) is 5.10. The van der Waals surface area contributed by atoms with Crippen molar-refractivity contribution in [2.24, 2.45) is 0 Å². The number of carbonyl (C=O) groups excluding carboxylic acids is 2. The van der Waals surface area contributed by atoms with Gasteiger partial charge in [-0.1, -0.05) is 48.5 Å². The van der Waals surface area contributed by atoms with Gasteiger partial charge in [0, 0.05) is 30.1 Å². The number of fused-ring (bicyclic) bond motifs is 1. The number of aromatic nitrogens is 1. The monoisotopic (exact) mass is 389 g/mol. The predicted octanol–water partition coefficient (Wildman–Crippen LogP) is 2.40. The Morgan fingerprint density at radius 2 is 1.62 bits per heavy atom. The average Bonchev–Trinajstić information content (AvgIpc) is 2.71. The summed E-state index contributed by atoms with van der Waals surface area (Å²) in [7, 11) is 1.46. The first-order chi connectivity index (χ1) is 14.0. The smallest absolute Gasteiger partial charge is 0.336 e. The van der Waals surface area contributed by atoms with Gasteiger partial charge in [-0.2, -0.15) is 0 Å². The Balaban J connectivity index is 1.90. The summed E-state index contributed by atoms with van der Waals surface area (Å²) in [6.45, 7) is 0.222. The first-order valence-electron chi connectivity index (χ1n) is 9.17. The number of nitrogens with zero attached hydrogens (tertiary/aromatic N) is 3. The van der Waals surface area contributed by atoms with E-state index in [9.17, 15) is 19.5 Å². The number of pyridine rings is 1. The number of carboxylic acids is 1. The van der Waals surface area contributed by atoms with Crippen LogP contribution in [0.5, 0.6) is 0 Å². The minimum Gasteiger partial charge on any atom is -0.478 e. The van der Waals surface area contributed by atoms with Crippen LogP contribution in [0.1, 0.15) is 15.9 Å². The van der Waals surface area contributed by atoms with E-state index in [0.29, 0.717) is 22.2 Å². The number of carbonyl (C=O) groups is 3. The van der Waals surface area contributed by atoms with Crippen LogP contribution in [0.3, 0.4) is 0 Å². The number of benzene rings is 2. The molecule has 2 amide bonds. The summed E-state index contributed by atoms with van der Waals surface area (Å²) in [5, 5.41) is 10.6. The molecule has 0 aliphatic carbocycles. The molecule has 1 N–H and O–H groups in total. The van der Waals surface area contributed by atoms with E-state index in [-0.39, 0.29) is 37.0 Å². The van der Waals surface area contributed by atoms with Crippen LogP contribution in [0.15, 0.2) is 54.6 Å². The highest BCUT2D eigenvalue weighted by atomic mass is 16.4. The molecule has 2 aromatic carbocycles. The van der Waals surface area contributed by atoms with Gasteiger partial charge in [0.1, 0.15) is 0 Å². The number of amides is 2. The van der Waals surface area contributed by atoms with Gasteiger partial charge in [0.05, 0.1) is 29.9 Å². The maximum Gasteiger partial charge on any atom is 0.336 e. The van der Waals surface area contributed by atoms with E-state index in [4.69, 9.17) is 4.98 Å². The Morgan fingerprint density at radius 1 is 1.00 bits per heavy atom. The fourth-order valence-corrected chi connectivity index (χ4v) is 3.61. The Morgan fingerprint density at radius 3 is 2.28 bits per heavy atom. The van der Waals surface area contributed by atoms with Crippen molar-refractivity contribution in [3.63, 3.8) is 0 Å². The zero-order valence-electron chi connectivity index (χ0n) is 15.8. The van der Waals surface area contributed by atoms with Crippen LogP contribution in [0.4, 0.5) is 0 Å². The van der Waals surface area contributed by atoms with Crippen molar-refractivity contribution in [1.82, 2.24) is 14.8 Å². The number of para-hydroxylation sites is 1. The first-order valence-corrected chi connectivity index (χ1v) is 9.17. The predicted molar refractivity (Wildman–Crippen MR) is 107 cm³/mol. The average molecular weight is 389 g/mol. The fraction of sp³-hybridized carbons (Fsp3) is 0.182. The number of piperazine rings is 1. The fourth-order valence-electron chi connectivity index (χ4n) is 3.61. The lowest BCUT2D eigenvalue weighted by molar-refractivity contribution is -0.149. The highest BCUT2D eigenvalue weighted by molar-refractivity contribution is 6.06. The van der Waals surface area contributed by atoms with Crippen molar-refractivity contribution >= 4 is 28.7 Å². The molecule has 0 radical (unpaired) electrons. The maximum absolute atomic E-state index is 12.3. The molecule has 0 atom stereocenters. The standard InChI is InChI=1S/C22H19N3O4/c1-24-18(26)12-25(13-19(24)27)11-16-20(22(28)29)15-9-5-6-10-17(15)23-21(16)14-7-3-2-4-8-14/h2-10H,11-13H2,1H3,(H,28,29). The van der Waals surface area contributed by atoms with E-state index >= 15 is 0 Å². The second kappa shape index (κ2) is 7.44. The largest absolute Gasteiger partial charge is 0.478 e. The molecule has 29 heavy (non-hydrogen) atoms. The molecule has 146 valence electrons. The lowest BCUT2D eigenvalue weighted by atomic mass is 9.96. The van der Waals surface area contributed by atoms with Gasteiger partial charge in [0.2, 0.25) is 11.8 Å². The molecule has 1 saturated heterocycles. The van der Waals surface area contributed by atoms with Crippen LogP contribution in [0, 0.1) is 0 Å². The molecular weight excluding hydrogens is 370 g/mol. The van der Waals surface area contributed by atoms with E-state index in [1.54, 1.807) is 23.1 Å². The summed E-state index contributed by atoms with van der Waals surface area (Å²) < 4.78 is 0. The number of likely N-dealkylation sites (N-methyl/N-ethyl adjacent to an activating group) is 1. The number of aromatic carboxylic acids is 1. The molecule has 0 bridgehead atoms. The molecule has 1 aliphatic heterocycles. The van der Waals surface area contributed by atoms with Gasteiger partial charge >= 0.3 is 5.97 Å². The molecule has 0 spiro atoms. The summed E-state index contributed by atoms with van der Waals surface area (Å²) in [4.78, 5) is 44.0. The van der Waals surface area contributed by atoms with Gasteiger partial charge in [0.15, 0.2) is 0 Å². The lowest BCUT2D eigenvalue weighted by Crippen LogP contribution is -2.51. The second-order valence-electron chi connectivity index (χ2n) is 6.99. The summed E-state index contributed by atoms with van der Waals surface area (Å²) in [6, 6.07) is 16.4. The molecular formula is C22H19N3O4. The molecule has 2 heterocycles. The van der Waals surface area contributed by atoms with E-state index in [0.717, 1.165) is 10.5 Å². The maximum atomic E-state index is 12.3. The van der Waals surface area contributed by atoms with Crippen molar-refractivity contribution in [2.45, 2.75) is 6.54 Å². The summed E-state index contributed by atoms with van der Waals surface area (Å²) in [5.41, 5.74) is 2.54. The number of hydrogen-bond acceptors (Lipinski definition) is 5. The quantitative estimate of drug-likeness (QED) is 0.689. The van der Waals surface area contributed by atoms with Crippen molar-refractivity contribution in [3.8, 4) is 11.3 Å². The van der Waals surface area contributed by atoms with Crippen LogP contribution >= 0.6 is 0 Å². The van der Waals surface area contributed by atoms with Crippen LogP contribution < -0.4 is 0 Å². The third kappa shape index (κ3) is 3.48. The van der Waals surface area contributed by atoms with Crippen LogP contribution in [-0.4, -0.2) is 57.8 Å². The van der Waals surface area contributed by atoms with Gasteiger partial charge in [0.25, 0.3) is 0 Å². The Kier molecular flexibility index (Phi) is 4.82. The number of imide groups is 1. The molecule has 1 aromatic heterocycles. The number of carboxylic acid groups (broad SMARTS) is 1. The molecule has 3 aromatic rings. The topological polar surface area (TPSA) is 90.8 Å². The molecule has 7 heteroatoms. The molecule has 7 nitrogen and oxygen atoms in total. The van der Waals surface area contributed by atoms with Crippen LogP contribution in [0.2, 0.25) is 0 Å². The first kappa shape index (κ1) is 18.8. The molecule has 4 rings (SSSR count). The number of hydrogen-bond donors (Lipinski definition) is 1. The summed E-state index contributed by atoms with van der Waals surface area (Å²) in [5.74, 6) is -1.69. The zero-order valence-corrected chi connectivity index (χ0v) is 15.8. The van der Waals surface area contributed by atoms with Gasteiger partial charge in [-0.3, -0.25) is 19.4 Å². The second-order valence-corrected chi connectivity index (χ2v) is 6.99. The molecule has 1 fully saturated rings. The normalized spacial score (nSPS) is 15.1. The highest BCUT2D eigenvalue weighted by Crippen LogP contribution is 2.31. The van der Waals surface area contributed by atoms with Crippen molar-refractivity contribution in [3.05, 3.63) is 65.7 Å².